The second-order valence-electron chi connectivity index (χ2n) is 5.19. The van der Waals surface area contributed by atoms with Crippen molar-refractivity contribution in [3.63, 3.8) is 0 Å². The molecule has 0 aromatic carbocycles. The largest absolute Gasteiger partial charge is 0.323 e. The Balaban J connectivity index is 2.35. The van der Waals surface area contributed by atoms with Gasteiger partial charge < -0.3 is 4.98 Å². The summed E-state index contributed by atoms with van der Waals surface area (Å²) in [5, 5.41) is 0.849. The fourth-order valence-corrected chi connectivity index (χ4v) is 4.32. The average Bonchev–Trinajstić information content (AvgIpc) is 2.71. The van der Waals surface area contributed by atoms with Crippen LogP contribution in [0.4, 0.5) is 0 Å². The number of hydrogen-bond donors (Lipinski definition) is 1. The van der Waals surface area contributed by atoms with Crippen LogP contribution in [0.25, 0.3) is 10.2 Å². The van der Waals surface area contributed by atoms with Crippen molar-refractivity contribution in [3.05, 3.63) is 38.2 Å². The molecule has 3 nitrogen and oxygen atoms in total. The van der Waals surface area contributed by atoms with Gasteiger partial charge in [0.25, 0.3) is 5.56 Å². The molecule has 1 atom stereocenters. The van der Waals surface area contributed by atoms with Crippen molar-refractivity contribution in [1.29, 1.82) is 0 Å². The summed E-state index contributed by atoms with van der Waals surface area (Å²) in [6.07, 6.45) is 5.00. The first-order valence-electron chi connectivity index (χ1n) is 6.50. The molecule has 100 valence electrons. The number of allylic oxidation sites excluding steroid dienone is 1. The maximum atomic E-state index is 12.6. The molecule has 2 heterocycles. The Labute approximate surface area is 120 Å². The van der Waals surface area contributed by atoms with Gasteiger partial charge in [-0.3, -0.25) is 9.36 Å². The molecule has 19 heavy (non-hydrogen) atoms. The molecular formula is C14H16N2OS2. The molecule has 2 aromatic rings. The number of aryl methyl sites for hydroxylation is 1. The van der Waals surface area contributed by atoms with Gasteiger partial charge in [0.1, 0.15) is 4.83 Å². The van der Waals surface area contributed by atoms with Crippen molar-refractivity contribution >= 4 is 33.8 Å². The van der Waals surface area contributed by atoms with Gasteiger partial charge >= 0.3 is 0 Å². The lowest BCUT2D eigenvalue weighted by Crippen LogP contribution is -2.22. The minimum Gasteiger partial charge on any atom is -0.323 e. The number of thiophene rings is 1. The van der Waals surface area contributed by atoms with Gasteiger partial charge in [0.05, 0.1) is 5.39 Å². The van der Waals surface area contributed by atoms with Crippen LogP contribution in [0.5, 0.6) is 0 Å². The summed E-state index contributed by atoms with van der Waals surface area (Å²) in [7, 11) is 0. The summed E-state index contributed by atoms with van der Waals surface area (Å²) in [6.45, 7) is 6.40. The Kier molecular flexibility index (Phi) is 3.19. The third-order valence-corrected chi connectivity index (χ3v) is 5.27. The molecule has 0 saturated heterocycles. The standard InChI is InChI=1S/C14H16N2OS2/c1-3-6-16-13(17)11-9-7-8(2)4-5-10(9)19-12(11)15-14(16)18/h3,8H,1,4-7H2,2H3,(H,15,18)/t8-/m1/s1. The second kappa shape index (κ2) is 4.72. The molecular weight excluding hydrogens is 276 g/mol. The van der Waals surface area contributed by atoms with E-state index in [4.69, 9.17) is 12.2 Å². The third-order valence-electron chi connectivity index (χ3n) is 3.74. The molecule has 0 fully saturated rings. The molecule has 1 aliphatic carbocycles. The molecule has 2 aromatic heterocycles. The van der Waals surface area contributed by atoms with Crippen molar-refractivity contribution in [2.24, 2.45) is 5.92 Å². The number of aromatic nitrogens is 2. The normalized spacial score (nSPS) is 18.5. The molecule has 0 bridgehead atoms. The first-order valence-corrected chi connectivity index (χ1v) is 7.72. The van der Waals surface area contributed by atoms with Gasteiger partial charge in [0.15, 0.2) is 4.77 Å². The van der Waals surface area contributed by atoms with E-state index in [2.05, 4.69) is 18.5 Å². The zero-order valence-corrected chi connectivity index (χ0v) is 12.5. The molecule has 0 amide bonds. The first kappa shape index (κ1) is 12.8. The van der Waals surface area contributed by atoms with E-state index in [-0.39, 0.29) is 5.56 Å². The summed E-state index contributed by atoms with van der Waals surface area (Å²) in [4.78, 5) is 18.1. The van der Waals surface area contributed by atoms with Gasteiger partial charge in [0.2, 0.25) is 0 Å². The number of nitrogens with one attached hydrogen (secondary N) is 1. The summed E-state index contributed by atoms with van der Waals surface area (Å²) < 4.78 is 2.08. The summed E-state index contributed by atoms with van der Waals surface area (Å²) in [5.74, 6) is 0.653. The molecule has 0 spiro atoms. The van der Waals surface area contributed by atoms with Gasteiger partial charge in [0, 0.05) is 11.4 Å². The van der Waals surface area contributed by atoms with Crippen molar-refractivity contribution in [1.82, 2.24) is 9.55 Å². The van der Waals surface area contributed by atoms with Crippen LogP contribution in [-0.2, 0) is 19.4 Å². The minimum absolute atomic E-state index is 0.0326. The minimum atomic E-state index is 0.0326. The van der Waals surface area contributed by atoms with Gasteiger partial charge in [-0.2, -0.15) is 0 Å². The molecule has 5 heteroatoms. The maximum absolute atomic E-state index is 12.6. The van der Waals surface area contributed by atoms with E-state index < -0.39 is 0 Å². The topological polar surface area (TPSA) is 37.8 Å². The van der Waals surface area contributed by atoms with Crippen molar-refractivity contribution in [2.45, 2.75) is 32.7 Å². The third kappa shape index (κ3) is 2.01. The predicted molar refractivity (Wildman–Crippen MR) is 82.7 cm³/mol. The Bertz CT molecular complexity index is 766. The lowest BCUT2D eigenvalue weighted by atomic mass is 9.89. The quantitative estimate of drug-likeness (QED) is 0.680. The second-order valence-corrected chi connectivity index (χ2v) is 6.68. The fraction of sp³-hybridized carbons (Fsp3) is 0.429. The van der Waals surface area contributed by atoms with Gasteiger partial charge in [-0.1, -0.05) is 13.0 Å². The Morgan fingerprint density at radius 1 is 1.63 bits per heavy atom. The molecule has 0 aliphatic heterocycles. The van der Waals surface area contributed by atoms with E-state index in [9.17, 15) is 4.79 Å². The Morgan fingerprint density at radius 3 is 3.16 bits per heavy atom. The maximum Gasteiger partial charge on any atom is 0.263 e. The van der Waals surface area contributed by atoms with Crippen molar-refractivity contribution in [2.75, 3.05) is 0 Å². The van der Waals surface area contributed by atoms with Crippen molar-refractivity contribution in [3.8, 4) is 0 Å². The van der Waals surface area contributed by atoms with Crippen LogP contribution in [0.15, 0.2) is 17.4 Å². The molecule has 3 rings (SSSR count). The van der Waals surface area contributed by atoms with Gasteiger partial charge in [-0.25, -0.2) is 0 Å². The van der Waals surface area contributed by atoms with Crippen LogP contribution in [-0.4, -0.2) is 9.55 Å². The van der Waals surface area contributed by atoms with Gasteiger partial charge in [-0.15, -0.1) is 17.9 Å². The van der Waals surface area contributed by atoms with Gasteiger partial charge in [-0.05, 0) is 43.0 Å². The van der Waals surface area contributed by atoms with Crippen LogP contribution in [0.3, 0.4) is 0 Å². The lowest BCUT2D eigenvalue weighted by molar-refractivity contribution is 0.508. The van der Waals surface area contributed by atoms with E-state index in [1.165, 1.54) is 16.9 Å². The van der Waals surface area contributed by atoms with Crippen LogP contribution in [0, 0.1) is 10.7 Å². The fourth-order valence-electron chi connectivity index (χ4n) is 2.76. The van der Waals surface area contributed by atoms with E-state index in [0.717, 1.165) is 23.1 Å². The number of fused-ring (bicyclic) bond motifs is 3. The smallest absolute Gasteiger partial charge is 0.263 e. The monoisotopic (exact) mass is 292 g/mol. The molecule has 0 saturated carbocycles. The first-order chi connectivity index (χ1) is 9.11. The van der Waals surface area contributed by atoms with E-state index in [1.807, 2.05) is 0 Å². The zero-order chi connectivity index (χ0) is 13.6. The lowest BCUT2D eigenvalue weighted by Gasteiger charge is -2.17. The van der Waals surface area contributed by atoms with Crippen LogP contribution < -0.4 is 5.56 Å². The highest BCUT2D eigenvalue weighted by atomic mass is 32.1. The SMILES string of the molecule is C=CCn1c(=S)[nH]c2sc3c(c2c1=O)C[C@H](C)CC3. The average molecular weight is 292 g/mol. The molecule has 1 aliphatic rings. The highest BCUT2D eigenvalue weighted by Crippen LogP contribution is 2.35. The number of hydrogen-bond acceptors (Lipinski definition) is 3. The number of H-pyrrole nitrogens is 1. The highest BCUT2D eigenvalue weighted by Gasteiger charge is 2.23. The summed E-state index contributed by atoms with van der Waals surface area (Å²) >= 11 is 6.96. The van der Waals surface area contributed by atoms with E-state index in [1.54, 1.807) is 22.0 Å². The predicted octanol–water partition coefficient (Wildman–Crippen LogP) is 3.43. The number of aromatic amines is 1. The number of rotatable bonds is 2. The van der Waals surface area contributed by atoms with Crippen molar-refractivity contribution < 1.29 is 0 Å². The molecule has 0 radical (unpaired) electrons. The number of nitrogens with zero attached hydrogens (tertiary/aromatic N) is 1. The van der Waals surface area contributed by atoms with Crippen LogP contribution >= 0.6 is 23.6 Å². The van der Waals surface area contributed by atoms with E-state index in [0.29, 0.717) is 17.2 Å². The summed E-state index contributed by atoms with van der Waals surface area (Å²) in [6, 6.07) is 0. The molecule has 1 N–H and O–H groups in total. The Hall–Kier alpha value is -1.20. The van der Waals surface area contributed by atoms with Crippen LogP contribution in [0.2, 0.25) is 0 Å². The van der Waals surface area contributed by atoms with E-state index >= 15 is 0 Å². The summed E-state index contributed by atoms with van der Waals surface area (Å²) in [5.41, 5.74) is 1.28. The highest BCUT2D eigenvalue weighted by molar-refractivity contribution is 7.71. The van der Waals surface area contributed by atoms with Crippen LogP contribution in [0.1, 0.15) is 23.8 Å². The molecule has 0 unspecified atom stereocenters. The zero-order valence-electron chi connectivity index (χ0n) is 10.9. The Morgan fingerprint density at radius 2 is 2.42 bits per heavy atom.